The van der Waals surface area contributed by atoms with E-state index in [1.54, 1.807) is 18.7 Å². The van der Waals surface area contributed by atoms with Gasteiger partial charge in [0.2, 0.25) is 5.91 Å². The SMILES string of the molecule is CC1(C)C(=O)NC(=O)CN1c1ccc(Br)cc1CN. The normalized spacial score (nSPS) is 18.4. The van der Waals surface area contributed by atoms with Crippen molar-refractivity contribution in [3.63, 3.8) is 0 Å². The molecule has 1 aliphatic rings. The van der Waals surface area contributed by atoms with Crippen molar-refractivity contribution < 1.29 is 9.59 Å². The number of nitrogens with zero attached hydrogens (tertiary/aromatic N) is 1. The maximum absolute atomic E-state index is 12.0. The Bertz CT molecular complexity index is 543. The minimum atomic E-state index is -0.786. The second kappa shape index (κ2) is 4.94. The first-order valence-corrected chi connectivity index (χ1v) is 6.76. The standard InChI is InChI=1S/C13H16BrN3O2/c1-13(2)12(19)16-11(18)7-17(13)10-4-3-9(14)5-8(10)6-15/h3-5H,6-7,15H2,1-2H3,(H,16,18,19). The molecule has 0 spiro atoms. The van der Waals surface area contributed by atoms with Gasteiger partial charge in [0.1, 0.15) is 5.54 Å². The van der Waals surface area contributed by atoms with Crippen molar-refractivity contribution in [1.29, 1.82) is 0 Å². The quantitative estimate of drug-likeness (QED) is 0.800. The van der Waals surface area contributed by atoms with E-state index >= 15 is 0 Å². The smallest absolute Gasteiger partial charge is 0.251 e. The topological polar surface area (TPSA) is 75.4 Å². The number of benzene rings is 1. The number of amides is 2. The molecule has 2 amide bonds. The molecule has 2 rings (SSSR count). The number of hydrogen-bond acceptors (Lipinski definition) is 4. The number of nitrogens with two attached hydrogens (primary N) is 1. The summed E-state index contributed by atoms with van der Waals surface area (Å²) in [7, 11) is 0. The van der Waals surface area contributed by atoms with E-state index in [1.807, 2.05) is 18.2 Å². The third-order valence-electron chi connectivity index (χ3n) is 3.34. The minimum absolute atomic E-state index is 0.146. The van der Waals surface area contributed by atoms with Crippen molar-refractivity contribution in [1.82, 2.24) is 5.32 Å². The molecule has 0 atom stereocenters. The molecule has 3 N–H and O–H groups in total. The molecular weight excluding hydrogens is 310 g/mol. The summed E-state index contributed by atoms with van der Waals surface area (Å²) < 4.78 is 0.919. The summed E-state index contributed by atoms with van der Waals surface area (Å²) in [4.78, 5) is 25.4. The van der Waals surface area contributed by atoms with Gasteiger partial charge in [0.15, 0.2) is 0 Å². The lowest BCUT2D eigenvalue weighted by molar-refractivity contribution is -0.135. The van der Waals surface area contributed by atoms with Crippen LogP contribution in [0, 0.1) is 0 Å². The van der Waals surface area contributed by atoms with Crippen molar-refractivity contribution in [3.8, 4) is 0 Å². The molecule has 0 aliphatic carbocycles. The van der Waals surface area contributed by atoms with E-state index in [0.717, 1.165) is 15.7 Å². The number of imide groups is 1. The predicted molar refractivity (Wildman–Crippen MR) is 76.6 cm³/mol. The lowest BCUT2D eigenvalue weighted by atomic mass is 9.96. The number of anilines is 1. The summed E-state index contributed by atoms with van der Waals surface area (Å²) in [5.41, 5.74) is 6.68. The third-order valence-corrected chi connectivity index (χ3v) is 3.83. The number of halogens is 1. The highest BCUT2D eigenvalue weighted by Crippen LogP contribution is 2.31. The van der Waals surface area contributed by atoms with Gasteiger partial charge in [-0.2, -0.15) is 0 Å². The van der Waals surface area contributed by atoms with Crippen LogP contribution in [0.1, 0.15) is 19.4 Å². The van der Waals surface area contributed by atoms with Crippen LogP contribution in [0.2, 0.25) is 0 Å². The third kappa shape index (κ3) is 2.50. The predicted octanol–water partition coefficient (Wildman–Crippen LogP) is 1.15. The van der Waals surface area contributed by atoms with Crippen LogP contribution in [0.5, 0.6) is 0 Å². The zero-order valence-corrected chi connectivity index (χ0v) is 12.5. The van der Waals surface area contributed by atoms with E-state index < -0.39 is 5.54 Å². The van der Waals surface area contributed by atoms with Gasteiger partial charge in [0, 0.05) is 16.7 Å². The number of carbonyl (C=O) groups excluding carboxylic acids is 2. The Kier molecular flexibility index (Phi) is 3.64. The minimum Gasteiger partial charge on any atom is -0.348 e. The zero-order chi connectivity index (χ0) is 14.2. The van der Waals surface area contributed by atoms with Gasteiger partial charge in [0.25, 0.3) is 5.91 Å². The molecule has 1 heterocycles. The maximum Gasteiger partial charge on any atom is 0.251 e. The van der Waals surface area contributed by atoms with Gasteiger partial charge in [-0.05, 0) is 37.6 Å². The molecule has 1 fully saturated rings. The summed E-state index contributed by atoms with van der Waals surface area (Å²) in [6.45, 7) is 4.07. The fraction of sp³-hybridized carbons (Fsp3) is 0.385. The molecule has 1 aromatic rings. The summed E-state index contributed by atoms with van der Waals surface area (Å²) in [5, 5.41) is 2.36. The second-order valence-corrected chi connectivity index (χ2v) is 5.92. The highest BCUT2D eigenvalue weighted by atomic mass is 79.9. The Morgan fingerprint density at radius 3 is 2.74 bits per heavy atom. The Labute approximate surface area is 120 Å². The van der Waals surface area contributed by atoms with Crippen LogP contribution in [0.15, 0.2) is 22.7 Å². The van der Waals surface area contributed by atoms with E-state index in [-0.39, 0.29) is 18.4 Å². The monoisotopic (exact) mass is 325 g/mol. The Hall–Kier alpha value is -1.40. The van der Waals surface area contributed by atoms with Crippen LogP contribution >= 0.6 is 15.9 Å². The summed E-state index contributed by atoms with van der Waals surface area (Å²) in [6.07, 6.45) is 0. The molecule has 19 heavy (non-hydrogen) atoms. The van der Waals surface area contributed by atoms with Crippen molar-refractivity contribution in [3.05, 3.63) is 28.2 Å². The van der Waals surface area contributed by atoms with E-state index in [2.05, 4.69) is 21.2 Å². The molecular formula is C13H16BrN3O2. The first kappa shape index (κ1) is 14.0. The van der Waals surface area contributed by atoms with Crippen molar-refractivity contribution in [2.75, 3.05) is 11.4 Å². The number of rotatable bonds is 2. The highest BCUT2D eigenvalue weighted by Gasteiger charge is 2.41. The first-order chi connectivity index (χ1) is 8.86. The van der Waals surface area contributed by atoms with E-state index in [9.17, 15) is 9.59 Å². The molecule has 0 aromatic heterocycles. The molecule has 5 nitrogen and oxygen atoms in total. The van der Waals surface area contributed by atoms with E-state index in [1.165, 1.54) is 0 Å². The Morgan fingerprint density at radius 2 is 2.11 bits per heavy atom. The fourth-order valence-electron chi connectivity index (χ4n) is 2.15. The van der Waals surface area contributed by atoms with Gasteiger partial charge in [-0.1, -0.05) is 15.9 Å². The molecule has 1 saturated heterocycles. The second-order valence-electron chi connectivity index (χ2n) is 5.00. The fourth-order valence-corrected chi connectivity index (χ4v) is 2.56. The molecule has 0 bridgehead atoms. The lowest BCUT2D eigenvalue weighted by Crippen LogP contribution is -2.64. The molecule has 0 saturated carbocycles. The number of hydrogen-bond donors (Lipinski definition) is 2. The molecule has 1 aliphatic heterocycles. The van der Waals surface area contributed by atoms with Crippen LogP contribution < -0.4 is 16.0 Å². The van der Waals surface area contributed by atoms with Gasteiger partial charge >= 0.3 is 0 Å². The van der Waals surface area contributed by atoms with Crippen LogP contribution in [0.25, 0.3) is 0 Å². The van der Waals surface area contributed by atoms with Gasteiger partial charge in [-0.3, -0.25) is 14.9 Å². The Morgan fingerprint density at radius 1 is 1.42 bits per heavy atom. The van der Waals surface area contributed by atoms with Crippen molar-refractivity contribution in [2.45, 2.75) is 25.9 Å². The van der Waals surface area contributed by atoms with Gasteiger partial charge in [-0.15, -0.1) is 0 Å². The largest absolute Gasteiger partial charge is 0.348 e. The van der Waals surface area contributed by atoms with E-state index in [4.69, 9.17) is 5.73 Å². The van der Waals surface area contributed by atoms with Crippen LogP contribution in [-0.4, -0.2) is 23.9 Å². The number of nitrogens with one attached hydrogen (secondary N) is 1. The summed E-state index contributed by atoms with van der Waals surface area (Å²) >= 11 is 3.39. The number of carbonyl (C=O) groups is 2. The highest BCUT2D eigenvalue weighted by molar-refractivity contribution is 9.10. The van der Waals surface area contributed by atoms with Crippen LogP contribution in [0.4, 0.5) is 5.69 Å². The van der Waals surface area contributed by atoms with Crippen molar-refractivity contribution >= 4 is 33.4 Å². The van der Waals surface area contributed by atoms with E-state index in [0.29, 0.717) is 6.54 Å². The molecule has 0 radical (unpaired) electrons. The molecule has 6 heteroatoms. The zero-order valence-electron chi connectivity index (χ0n) is 10.9. The Balaban J connectivity index is 2.49. The maximum atomic E-state index is 12.0. The van der Waals surface area contributed by atoms with Crippen molar-refractivity contribution in [2.24, 2.45) is 5.73 Å². The molecule has 0 unspecified atom stereocenters. The average Bonchev–Trinajstić information content (AvgIpc) is 2.34. The van der Waals surface area contributed by atoms with Gasteiger partial charge in [0.05, 0.1) is 6.54 Å². The number of piperazine rings is 1. The molecule has 1 aromatic carbocycles. The summed E-state index contributed by atoms with van der Waals surface area (Å²) in [5.74, 6) is -0.593. The van der Waals surface area contributed by atoms with Crippen LogP contribution in [-0.2, 0) is 16.1 Å². The van der Waals surface area contributed by atoms with Crippen LogP contribution in [0.3, 0.4) is 0 Å². The van der Waals surface area contributed by atoms with Gasteiger partial charge in [-0.25, -0.2) is 0 Å². The lowest BCUT2D eigenvalue weighted by Gasteiger charge is -2.42. The average molecular weight is 326 g/mol. The summed E-state index contributed by atoms with van der Waals surface area (Å²) in [6, 6.07) is 5.66. The van der Waals surface area contributed by atoms with Gasteiger partial charge < -0.3 is 10.6 Å². The first-order valence-electron chi connectivity index (χ1n) is 5.96. The molecule has 102 valence electrons.